The Morgan fingerprint density at radius 1 is 1.46 bits per heavy atom. The molecular formula is C11H19NS. The van der Waals surface area contributed by atoms with Gasteiger partial charge in [0.05, 0.1) is 0 Å². The highest BCUT2D eigenvalue weighted by molar-refractivity contribution is 7.12. The summed E-state index contributed by atoms with van der Waals surface area (Å²) >= 11 is 1.83. The number of aryl methyl sites for hydroxylation is 1. The highest BCUT2D eigenvalue weighted by Crippen LogP contribution is 2.28. The van der Waals surface area contributed by atoms with Crippen LogP contribution in [-0.4, -0.2) is 0 Å². The van der Waals surface area contributed by atoms with E-state index in [1.807, 2.05) is 11.3 Å². The molecule has 0 saturated carbocycles. The topological polar surface area (TPSA) is 26.0 Å². The van der Waals surface area contributed by atoms with Gasteiger partial charge in [-0.15, -0.1) is 11.3 Å². The number of nitrogens with two attached hydrogens (primary N) is 1. The molecule has 1 rings (SSSR count). The van der Waals surface area contributed by atoms with Gasteiger partial charge in [0.2, 0.25) is 0 Å². The van der Waals surface area contributed by atoms with Crippen LogP contribution < -0.4 is 5.73 Å². The van der Waals surface area contributed by atoms with Gasteiger partial charge in [0, 0.05) is 15.8 Å². The molecule has 2 unspecified atom stereocenters. The van der Waals surface area contributed by atoms with Crippen LogP contribution in [0.2, 0.25) is 0 Å². The van der Waals surface area contributed by atoms with Gasteiger partial charge < -0.3 is 5.73 Å². The molecular weight excluding hydrogens is 178 g/mol. The molecule has 0 aliphatic rings. The minimum atomic E-state index is 0.235. The van der Waals surface area contributed by atoms with Crippen molar-refractivity contribution in [2.45, 2.75) is 39.7 Å². The summed E-state index contributed by atoms with van der Waals surface area (Å²) in [5.41, 5.74) is 6.15. The second kappa shape index (κ2) is 4.77. The van der Waals surface area contributed by atoms with Crippen LogP contribution in [0.5, 0.6) is 0 Å². The Labute approximate surface area is 85.0 Å². The van der Waals surface area contributed by atoms with Gasteiger partial charge in [0.1, 0.15) is 0 Å². The second-order valence-electron chi connectivity index (χ2n) is 3.74. The SMILES string of the molecule is CCCC(C)C(N)c1ccc(C)s1. The fourth-order valence-corrected chi connectivity index (χ4v) is 2.56. The van der Waals surface area contributed by atoms with E-state index < -0.39 is 0 Å². The van der Waals surface area contributed by atoms with Gasteiger partial charge in [-0.25, -0.2) is 0 Å². The zero-order valence-electron chi connectivity index (χ0n) is 8.71. The third kappa shape index (κ3) is 2.82. The van der Waals surface area contributed by atoms with Crippen molar-refractivity contribution < 1.29 is 0 Å². The van der Waals surface area contributed by atoms with Gasteiger partial charge in [-0.3, -0.25) is 0 Å². The summed E-state index contributed by atoms with van der Waals surface area (Å²) in [6.07, 6.45) is 2.44. The Balaban J connectivity index is 2.61. The average molecular weight is 197 g/mol. The van der Waals surface area contributed by atoms with Crippen molar-refractivity contribution in [1.82, 2.24) is 0 Å². The molecule has 0 aliphatic carbocycles. The summed E-state index contributed by atoms with van der Waals surface area (Å²) in [6, 6.07) is 4.55. The Morgan fingerprint density at radius 2 is 2.15 bits per heavy atom. The fourth-order valence-electron chi connectivity index (χ4n) is 1.55. The first-order valence-electron chi connectivity index (χ1n) is 4.97. The lowest BCUT2D eigenvalue weighted by atomic mass is 9.97. The molecule has 13 heavy (non-hydrogen) atoms. The van der Waals surface area contributed by atoms with E-state index in [9.17, 15) is 0 Å². The van der Waals surface area contributed by atoms with Gasteiger partial charge in [-0.1, -0.05) is 20.3 Å². The zero-order valence-corrected chi connectivity index (χ0v) is 9.53. The summed E-state index contributed by atoms with van der Waals surface area (Å²) in [4.78, 5) is 2.69. The van der Waals surface area contributed by atoms with Crippen molar-refractivity contribution in [3.05, 3.63) is 21.9 Å². The highest BCUT2D eigenvalue weighted by Gasteiger charge is 2.15. The van der Waals surface area contributed by atoms with Crippen molar-refractivity contribution >= 4 is 11.3 Å². The third-order valence-electron chi connectivity index (χ3n) is 2.45. The number of rotatable bonds is 4. The van der Waals surface area contributed by atoms with E-state index in [-0.39, 0.29) is 6.04 Å². The van der Waals surface area contributed by atoms with Gasteiger partial charge >= 0.3 is 0 Å². The van der Waals surface area contributed by atoms with Crippen LogP contribution in [0.15, 0.2) is 12.1 Å². The van der Waals surface area contributed by atoms with E-state index in [1.165, 1.54) is 22.6 Å². The molecule has 74 valence electrons. The largest absolute Gasteiger partial charge is 0.323 e. The van der Waals surface area contributed by atoms with Crippen molar-refractivity contribution in [2.24, 2.45) is 11.7 Å². The standard InChI is InChI=1S/C11H19NS/c1-4-5-8(2)11(12)10-7-6-9(3)13-10/h6-8,11H,4-5,12H2,1-3H3. The molecule has 1 aromatic heterocycles. The van der Waals surface area contributed by atoms with E-state index in [0.717, 1.165) is 0 Å². The summed E-state index contributed by atoms with van der Waals surface area (Å²) < 4.78 is 0. The first kappa shape index (κ1) is 10.7. The van der Waals surface area contributed by atoms with Gasteiger partial charge in [-0.05, 0) is 31.4 Å². The molecule has 0 amide bonds. The van der Waals surface area contributed by atoms with Crippen LogP contribution in [0.1, 0.15) is 42.5 Å². The first-order valence-corrected chi connectivity index (χ1v) is 5.78. The number of hydrogen-bond donors (Lipinski definition) is 1. The maximum absolute atomic E-state index is 6.15. The van der Waals surface area contributed by atoms with Crippen molar-refractivity contribution in [1.29, 1.82) is 0 Å². The maximum Gasteiger partial charge on any atom is 0.0415 e. The average Bonchev–Trinajstić information content (AvgIpc) is 2.51. The fraction of sp³-hybridized carbons (Fsp3) is 0.636. The number of hydrogen-bond acceptors (Lipinski definition) is 2. The van der Waals surface area contributed by atoms with Gasteiger partial charge in [0.15, 0.2) is 0 Å². The van der Waals surface area contributed by atoms with Crippen LogP contribution >= 0.6 is 11.3 Å². The quantitative estimate of drug-likeness (QED) is 0.785. The Hall–Kier alpha value is -0.340. The molecule has 2 heteroatoms. The lowest BCUT2D eigenvalue weighted by Crippen LogP contribution is -2.17. The minimum absolute atomic E-state index is 0.235. The number of thiophene rings is 1. The summed E-state index contributed by atoms with van der Waals surface area (Å²) in [6.45, 7) is 6.58. The molecule has 1 aromatic rings. The summed E-state index contributed by atoms with van der Waals surface area (Å²) in [5.74, 6) is 0.600. The molecule has 0 saturated heterocycles. The Morgan fingerprint density at radius 3 is 2.62 bits per heavy atom. The molecule has 0 bridgehead atoms. The van der Waals surface area contributed by atoms with Crippen LogP contribution in [0.25, 0.3) is 0 Å². The Kier molecular flexibility index (Phi) is 3.94. The van der Waals surface area contributed by atoms with Crippen molar-refractivity contribution in [2.75, 3.05) is 0 Å². The lowest BCUT2D eigenvalue weighted by Gasteiger charge is -2.17. The molecule has 2 N–H and O–H groups in total. The van der Waals surface area contributed by atoms with Gasteiger partial charge in [-0.2, -0.15) is 0 Å². The first-order chi connectivity index (χ1) is 6.15. The summed E-state index contributed by atoms with van der Waals surface area (Å²) in [5, 5.41) is 0. The van der Waals surface area contributed by atoms with E-state index in [1.54, 1.807) is 0 Å². The van der Waals surface area contributed by atoms with Crippen molar-refractivity contribution in [3.8, 4) is 0 Å². The summed E-state index contributed by atoms with van der Waals surface area (Å²) in [7, 11) is 0. The van der Waals surface area contributed by atoms with Crippen LogP contribution in [-0.2, 0) is 0 Å². The van der Waals surface area contributed by atoms with Gasteiger partial charge in [0.25, 0.3) is 0 Å². The normalized spacial score (nSPS) is 15.7. The molecule has 2 atom stereocenters. The van der Waals surface area contributed by atoms with Crippen LogP contribution in [0.3, 0.4) is 0 Å². The zero-order chi connectivity index (χ0) is 9.84. The monoisotopic (exact) mass is 197 g/mol. The molecule has 0 aromatic carbocycles. The molecule has 0 fully saturated rings. The molecule has 1 nitrogen and oxygen atoms in total. The van der Waals surface area contributed by atoms with E-state index >= 15 is 0 Å². The van der Waals surface area contributed by atoms with E-state index in [2.05, 4.69) is 32.9 Å². The highest BCUT2D eigenvalue weighted by atomic mass is 32.1. The van der Waals surface area contributed by atoms with E-state index in [4.69, 9.17) is 5.73 Å². The lowest BCUT2D eigenvalue weighted by molar-refractivity contribution is 0.438. The predicted octanol–water partition coefficient (Wildman–Crippen LogP) is 3.49. The Bertz CT molecular complexity index is 254. The van der Waals surface area contributed by atoms with Crippen LogP contribution in [0, 0.1) is 12.8 Å². The predicted molar refractivity (Wildman–Crippen MR) is 60.1 cm³/mol. The molecule has 0 aliphatic heterocycles. The molecule has 0 radical (unpaired) electrons. The smallest absolute Gasteiger partial charge is 0.0415 e. The second-order valence-corrected chi connectivity index (χ2v) is 5.06. The maximum atomic E-state index is 6.15. The van der Waals surface area contributed by atoms with E-state index in [0.29, 0.717) is 5.92 Å². The molecule has 0 spiro atoms. The van der Waals surface area contributed by atoms with Crippen LogP contribution in [0.4, 0.5) is 0 Å². The third-order valence-corrected chi connectivity index (χ3v) is 3.55. The molecule has 1 heterocycles. The van der Waals surface area contributed by atoms with Crippen molar-refractivity contribution in [3.63, 3.8) is 0 Å². The minimum Gasteiger partial charge on any atom is -0.323 e.